The van der Waals surface area contributed by atoms with Crippen LogP contribution in [-0.4, -0.2) is 33.9 Å². The normalized spacial score (nSPS) is 19.9. The minimum absolute atomic E-state index is 0.0260. The number of thiocarbonyl (C=S) groups is 1. The molecule has 96 valence electrons. The third-order valence-electron chi connectivity index (χ3n) is 3.16. The lowest BCUT2D eigenvalue weighted by atomic mass is 10.1. The van der Waals surface area contributed by atoms with Gasteiger partial charge in [0.1, 0.15) is 4.99 Å². The molecule has 4 N–H and O–H groups in total. The van der Waals surface area contributed by atoms with Gasteiger partial charge >= 0.3 is 0 Å². The third-order valence-corrected chi connectivity index (χ3v) is 3.37. The van der Waals surface area contributed by atoms with Crippen molar-refractivity contribution in [2.75, 3.05) is 13.1 Å². The smallest absolute Gasteiger partial charge is 0.221 e. The predicted molar refractivity (Wildman–Crippen MR) is 72.7 cm³/mol. The molecule has 1 aliphatic heterocycles. The second-order valence-corrected chi connectivity index (χ2v) is 4.98. The molecule has 1 fully saturated rings. The topological polar surface area (TPSA) is 85.2 Å². The molecule has 0 spiro atoms. The molecule has 1 atom stereocenters. The highest BCUT2D eigenvalue weighted by atomic mass is 32.1. The standard InChI is InChI=1S/C12H16N4OS/c13-11(17)9-2-4-16(7-9)6-8-1-3-15-10(5-8)12(14)18/h1,3,5,9H,2,4,6-7H2,(H2,13,17)(H2,14,18). The molecular weight excluding hydrogens is 248 g/mol. The second-order valence-electron chi connectivity index (χ2n) is 4.54. The Morgan fingerprint density at radius 2 is 2.33 bits per heavy atom. The number of carbonyl (C=O) groups excluding carboxylic acids is 1. The highest BCUT2D eigenvalue weighted by Crippen LogP contribution is 2.18. The van der Waals surface area contributed by atoms with Crippen LogP contribution in [0, 0.1) is 5.92 Å². The molecule has 1 aliphatic rings. The van der Waals surface area contributed by atoms with Gasteiger partial charge in [0.05, 0.1) is 11.6 Å². The van der Waals surface area contributed by atoms with Gasteiger partial charge in [-0.05, 0) is 30.7 Å². The van der Waals surface area contributed by atoms with Crippen molar-refractivity contribution < 1.29 is 4.79 Å². The highest BCUT2D eigenvalue weighted by molar-refractivity contribution is 7.80. The van der Waals surface area contributed by atoms with E-state index in [4.69, 9.17) is 23.7 Å². The Hall–Kier alpha value is -1.53. The van der Waals surface area contributed by atoms with Crippen molar-refractivity contribution >= 4 is 23.1 Å². The number of nitrogens with two attached hydrogens (primary N) is 2. The van der Waals surface area contributed by atoms with Crippen LogP contribution in [0.15, 0.2) is 18.3 Å². The maximum Gasteiger partial charge on any atom is 0.221 e. The molecule has 18 heavy (non-hydrogen) atoms. The first-order valence-corrected chi connectivity index (χ1v) is 6.23. The average molecular weight is 264 g/mol. The van der Waals surface area contributed by atoms with Crippen molar-refractivity contribution in [3.05, 3.63) is 29.6 Å². The zero-order chi connectivity index (χ0) is 13.1. The molecule has 1 unspecified atom stereocenters. The number of carbonyl (C=O) groups is 1. The van der Waals surface area contributed by atoms with Gasteiger partial charge in [0.25, 0.3) is 0 Å². The molecular formula is C12H16N4OS. The molecule has 1 amide bonds. The zero-order valence-corrected chi connectivity index (χ0v) is 10.8. The summed E-state index contributed by atoms with van der Waals surface area (Å²) in [5, 5.41) is 0. The van der Waals surface area contributed by atoms with E-state index in [9.17, 15) is 4.79 Å². The second kappa shape index (κ2) is 5.41. The van der Waals surface area contributed by atoms with Crippen LogP contribution in [0.2, 0.25) is 0 Å². The van der Waals surface area contributed by atoms with Crippen LogP contribution in [0.4, 0.5) is 0 Å². The van der Waals surface area contributed by atoms with Gasteiger partial charge in [0.15, 0.2) is 0 Å². The van der Waals surface area contributed by atoms with E-state index in [1.807, 2.05) is 12.1 Å². The maximum atomic E-state index is 11.1. The molecule has 1 saturated heterocycles. The molecule has 0 aliphatic carbocycles. The van der Waals surface area contributed by atoms with E-state index in [1.165, 1.54) is 0 Å². The summed E-state index contributed by atoms with van der Waals surface area (Å²) >= 11 is 4.90. The van der Waals surface area contributed by atoms with Crippen LogP contribution in [0.3, 0.4) is 0 Å². The van der Waals surface area contributed by atoms with E-state index in [-0.39, 0.29) is 11.8 Å². The largest absolute Gasteiger partial charge is 0.388 e. The lowest BCUT2D eigenvalue weighted by Crippen LogP contribution is -2.27. The Morgan fingerprint density at radius 1 is 1.56 bits per heavy atom. The van der Waals surface area contributed by atoms with Crippen molar-refractivity contribution in [3.63, 3.8) is 0 Å². The van der Waals surface area contributed by atoms with Gasteiger partial charge in [0, 0.05) is 19.3 Å². The first-order chi connectivity index (χ1) is 8.56. The van der Waals surface area contributed by atoms with E-state index < -0.39 is 0 Å². The van der Waals surface area contributed by atoms with E-state index in [0.717, 1.165) is 31.6 Å². The lowest BCUT2D eigenvalue weighted by molar-refractivity contribution is -0.121. The highest BCUT2D eigenvalue weighted by Gasteiger charge is 2.26. The number of pyridine rings is 1. The molecule has 1 aromatic heterocycles. The van der Waals surface area contributed by atoms with Crippen LogP contribution in [0.1, 0.15) is 17.7 Å². The third kappa shape index (κ3) is 3.02. The lowest BCUT2D eigenvalue weighted by Gasteiger charge is -2.15. The quantitative estimate of drug-likeness (QED) is 0.749. The van der Waals surface area contributed by atoms with Gasteiger partial charge in [-0.15, -0.1) is 0 Å². The number of likely N-dealkylation sites (tertiary alicyclic amines) is 1. The number of hydrogen-bond acceptors (Lipinski definition) is 4. The van der Waals surface area contributed by atoms with Gasteiger partial charge in [-0.1, -0.05) is 12.2 Å². The number of rotatable bonds is 4. The van der Waals surface area contributed by atoms with Gasteiger partial charge in [-0.2, -0.15) is 0 Å². The Morgan fingerprint density at radius 3 is 2.94 bits per heavy atom. The van der Waals surface area contributed by atoms with E-state index in [2.05, 4.69) is 9.88 Å². The summed E-state index contributed by atoms with van der Waals surface area (Å²) in [5.41, 5.74) is 12.6. The van der Waals surface area contributed by atoms with Gasteiger partial charge in [-0.3, -0.25) is 14.7 Å². The molecule has 5 nitrogen and oxygen atoms in total. The molecule has 1 aromatic rings. The minimum atomic E-state index is -0.212. The van der Waals surface area contributed by atoms with Gasteiger partial charge in [-0.25, -0.2) is 0 Å². The summed E-state index contributed by atoms with van der Waals surface area (Å²) in [6.07, 6.45) is 2.54. The summed E-state index contributed by atoms with van der Waals surface area (Å²) in [7, 11) is 0. The van der Waals surface area contributed by atoms with Crippen LogP contribution in [0.5, 0.6) is 0 Å². The first-order valence-electron chi connectivity index (χ1n) is 5.82. The minimum Gasteiger partial charge on any atom is -0.388 e. The van der Waals surface area contributed by atoms with E-state index in [1.54, 1.807) is 6.20 Å². The fourth-order valence-corrected chi connectivity index (χ4v) is 2.29. The number of hydrogen-bond donors (Lipinski definition) is 2. The summed E-state index contributed by atoms with van der Waals surface area (Å²) in [4.78, 5) is 17.7. The van der Waals surface area contributed by atoms with Crippen molar-refractivity contribution in [2.45, 2.75) is 13.0 Å². The molecule has 0 radical (unpaired) electrons. The Balaban J connectivity index is 2.00. The number of amides is 1. The van der Waals surface area contributed by atoms with Crippen molar-refractivity contribution in [3.8, 4) is 0 Å². The Kier molecular flexibility index (Phi) is 3.88. The SMILES string of the molecule is NC(=O)C1CCN(Cc2ccnc(C(N)=S)c2)C1. The molecule has 0 saturated carbocycles. The van der Waals surface area contributed by atoms with Crippen LogP contribution >= 0.6 is 12.2 Å². The fraction of sp³-hybridized carbons (Fsp3) is 0.417. The van der Waals surface area contributed by atoms with Crippen molar-refractivity contribution in [2.24, 2.45) is 17.4 Å². The van der Waals surface area contributed by atoms with E-state index in [0.29, 0.717) is 10.7 Å². The van der Waals surface area contributed by atoms with Crippen molar-refractivity contribution in [1.29, 1.82) is 0 Å². The van der Waals surface area contributed by atoms with Gasteiger partial charge in [0.2, 0.25) is 5.91 Å². The maximum absolute atomic E-state index is 11.1. The molecule has 2 rings (SSSR count). The number of primary amides is 1. The summed E-state index contributed by atoms with van der Waals surface area (Å²) < 4.78 is 0. The van der Waals surface area contributed by atoms with Crippen LogP contribution < -0.4 is 11.5 Å². The van der Waals surface area contributed by atoms with E-state index >= 15 is 0 Å². The molecule has 0 bridgehead atoms. The van der Waals surface area contributed by atoms with Crippen molar-refractivity contribution in [1.82, 2.24) is 9.88 Å². The van der Waals surface area contributed by atoms with Crippen LogP contribution in [0.25, 0.3) is 0 Å². The summed E-state index contributed by atoms with van der Waals surface area (Å²) in [6.45, 7) is 2.38. The molecule has 0 aromatic carbocycles. The molecule has 2 heterocycles. The predicted octanol–water partition coefficient (Wildman–Crippen LogP) is 0.0230. The fourth-order valence-electron chi connectivity index (χ4n) is 2.17. The zero-order valence-electron chi connectivity index (χ0n) is 10.0. The number of aromatic nitrogens is 1. The Bertz CT molecular complexity index is 477. The monoisotopic (exact) mass is 264 g/mol. The van der Waals surface area contributed by atoms with Gasteiger partial charge < -0.3 is 11.5 Å². The summed E-state index contributed by atoms with van der Waals surface area (Å²) in [6, 6.07) is 3.82. The first kappa shape index (κ1) is 12.9. The Labute approximate surface area is 111 Å². The summed E-state index contributed by atoms with van der Waals surface area (Å²) in [5.74, 6) is -0.238. The van der Waals surface area contributed by atoms with Crippen LogP contribution in [-0.2, 0) is 11.3 Å². The molecule has 6 heteroatoms. The average Bonchev–Trinajstić information content (AvgIpc) is 2.78. The number of nitrogens with zero attached hydrogens (tertiary/aromatic N) is 2.